The Balaban J connectivity index is 0.00000182. The summed E-state index contributed by atoms with van der Waals surface area (Å²) in [5.41, 5.74) is 4.00. The predicted octanol–water partition coefficient (Wildman–Crippen LogP) is 4.36. The van der Waals surface area contributed by atoms with E-state index in [0.717, 1.165) is 50.1 Å². The summed E-state index contributed by atoms with van der Waals surface area (Å²) >= 11 is 0. The molecular formula is C21H29Cl2N3O. The molecule has 1 aromatic heterocycles. The van der Waals surface area contributed by atoms with Crippen molar-refractivity contribution >= 4 is 30.7 Å². The number of halogens is 2. The van der Waals surface area contributed by atoms with Gasteiger partial charge in [-0.15, -0.1) is 24.8 Å². The Morgan fingerprint density at radius 1 is 1.11 bits per heavy atom. The lowest BCUT2D eigenvalue weighted by atomic mass is 9.96. The van der Waals surface area contributed by atoms with E-state index in [0.29, 0.717) is 11.5 Å². The molecule has 0 bridgehead atoms. The molecule has 1 fully saturated rings. The van der Waals surface area contributed by atoms with Crippen molar-refractivity contribution in [3.8, 4) is 11.1 Å². The summed E-state index contributed by atoms with van der Waals surface area (Å²) in [7, 11) is 0. The normalized spacial score (nSPS) is 14.2. The molecule has 1 saturated heterocycles. The first-order valence-corrected chi connectivity index (χ1v) is 9.19. The quantitative estimate of drug-likeness (QED) is 0.797. The van der Waals surface area contributed by atoms with E-state index in [1.165, 1.54) is 5.56 Å². The summed E-state index contributed by atoms with van der Waals surface area (Å²) in [6.07, 6.45) is 5.66. The summed E-state index contributed by atoms with van der Waals surface area (Å²) in [6, 6.07) is 10.3. The molecule has 4 nitrogen and oxygen atoms in total. The molecule has 0 aliphatic carbocycles. The van der Waals surface area contributed by atoms with Gasteiger partial charge in [-0.3, -0.25) is 9.78 Å². The van der Waals surface area contributed by atoms with Crippen molar-refractivity contribution in [2.75, 3.05) is 26.2 Å². The van der Waals surface area contributed by atoms with Crippen molar-refractivity contribution in [2.45, 2.75) is 26.7 Å². The van der Waals surface area contributed by atoms with Crippen molar-refractivity contribution in [3.05, 3.63) is 53.9 Å². The third-order valence-corrected chi connectivity index (χ3v) is 4.95. The van der Waals surface area contributed by atoms with Gasteiger partial charge in [-0.1, -0.05) is 36.8 Å². The monoisotopic (exact) mass is 409 g/mol. The van der Waals surface area contributed by atoms with Gasteiger partial charge in [-0.25, -0.2) is 0 Å². The molecule has 0 radical (unpaired) electrons. The predicted molar refractivity (Wildman–Crippen MR) is 116 cm³/mol. The van der Waals surface area contributed by atoms with Crippen LogP contribution in [-0.4, -0.2) is 42.0 Å². The van der Waals surface area contributed by atoms with Crippen molar-refractivity contribution < 1.29 is 4.79 Å². The van der Waals surface area contributed by atoms with E-state index in [-0.39, 0.29) is 30.7 Å². The number of benzene rings is 1. The fraction of sp³-hybridized carbons (Fsp3) is 0.429. The first-order chi connectivity index (χ1) is 12.2. The van der Waals surface area contributed by atoms with Crippen LogP contribution in [-0.2, 0) is 0 Å². The highest BCUT2D eigenvalue weighted by molar-refractivity contribution is 5.95. The molecule has 2 aromatic rings. The van der Waals surface area contributed by atoms with Crippen LogP contribution in [0, 0.1) is 12.8 Å². The Bertz CT molecular complexity index is 714. The van der Waals surface area contributed by atoms with E-state index in [4.69, 9.17) is 0 Å². The molecule has 3 rings (SSSR count). The average Bonchev–Trinajstić information content (AvgIpc) is 2.67. The minimum atomic E-state index is 0. The highest BCUT2D eigenvalue weighted by Gasteiger charge is 2.23. The van der Waals surface area contributed by atoms with Gasteiger partial charge in [0.05, 0.1) is 5.56 Å². The Morgan fingerprint density at radius 3 is 2.41 bits per heavy atom. The summed E-state index contributed by atoms with van der Waals surface area (Å²) in [6.45, 7) is 7.95. The maximum atomic E-state index is 12.8. The van der Waals surface area contributed by atoms with Gasteiger partial charge in [0.25, 0.3) is 5.91 Å². The number of aryl methyl sites for hydroxylation is 1. The van der Waals surface area contributed by atoms with E-state index in [9.17, 15) is 4.79 Å². The van der Waals surface area contributed by atoms with Gasteiger partial charge in [0, 0.05) is 31.0 Å². The zero-order valence-corrected chi connectivity index (χ0v) is 17.6. The molecule has 1 aliphatic rings. The molecule has 27 heavy (non-hydrogen) atoms. The van der Waals surface area contributed by atoms with Crippen LogP contribution in [0.4, 0.5) is 0 Å². The minimum absolute atomic E-state index is 0. The number of pyridine rings is 1. The first-order valence-electron chi connectivity index (χ1n) is 9.19. The Morgan fingerprint density at radius 2 is 1.78 bits per heavy atom. The molecule has 1 N–H and O–H groups in total. The second kappa shape index (κ2) is 11.3. The second-order valence-corrected chi connectivity index (χ2v) is 6.87. The number of likely N-dealkylation sites (tertiary alicyclic amines) is 1. The third kappa shape index (κ3) is 6.20. The Kier molecular flexibility index (Phi) is 9.78. The number of nitrogens with one attached hydrogen (secondary N) is 1. The van der Waals surface area contributed by atoms with E-state index in [1.54, 1.807) is 6.20 Å². The molecule has 1 amide bonds. The number of aromatic nitrogens is 1. The zero-order chi connectivity index (χ0) is 17.6. The fourth-order valence-electron chi connectivity index (χ4n) is 3.33. The fourth-order valence-corrected chi connectivity index (χ4v) is 3.33. The number of piperidine rings is 1. The van der Waals surface area contributed by atoms with Gasteiger partial charge in [-0.2, -0.15) is 0 Å². The van der Waals surface area contributed by atoms with Crippen molar-refractivity contribution in [1.82, 2.24) is 15.2 Å². The molecule has 1 aliphatic heterocycles. The van der Waals surface area contributed by atoms with Crippen molar-refractivity contribution in [2.24, 2.45) is 5.92 Å². The molecule has 0 saturated carbocycles. The van der Waals surface area contributed by atoms with Crippen molar-refractivity contribution in [1.29, 1.82) is 0 Å². The molecular weight excluding hydrogens is 381 g/mol. The Hall–Kier alpha value is -1.62. The average molecular weight is 410 g/mol. The zero-order valence-electron chi connectivity index (χ0n) is 16.0. The lowest BCUT2D eigenvalue weighted by molar-refractivity contribution is 0.0690. The summed E-state index contributed by atoms with van der Waals surface area (Å²) in [5.74, 6) is 0.782. The number of carbonyl (C=O) groups is 1. The number of amides is 1. The first kappa shape index (κ1) is 23.4. The molecule has 0 spiro atoms. The molecule has 2 heterocycles. The van der Waals surface area contributed by atoms with Gasteiger partial charge in [0.2, 0.25) is 0 Å². The van der Waals surface area contributed by atoms with Crippen LogP contribution in [0.15, 0.2) is 42.7 Å². The van der Waals surface area contributed by atoms with Crippen molar-refractivity contribution in [3.63, 3.8) is 0 Å². The van der Waals surface area contributed by atoms with Crippen LogP contribution >= 0.6 is 24.8 Å². The maximum absolute atomic E-state index is 12.8. The third-order valence-electron chi connectivity index (χ3n) is 4.95. The second-order valence-electron chi connectivity index (χ2n) is 6.87. The number of hydrogen-bond acceptors (Lipinski definition) is 3. The van der Waals surface area contributed by atoms with Gasteiger partial charge in [0.1, 0.15) is 0 Å². The molecule has 148 valence electrons. The highest BCUT2D eigenvalue weighted by Crippen LogP contribution is 2.22. The topological polar surface area (TPSA) is 45.2 Å². The van der Waals surface area contributed by atoms with E-state index >= 15 is 0 Å². The molecule has 0 unspecified atom stereocenters. The number of carbonyl (C=O) groups excluding carboxylic acids is 1. The van der Waals surface area contributed by atoms with Crippen LogP contribution < -0.4 is 5.32 Å². The Labute approximate surface area is 174 Å². The van der Waals surface area contributed by atoms with Crippen LogP contribution in [0.3, 0.4) is 0 Å². The molecule has 0 atom stereocenters. The largest absolute Gasteiger partial charge is 0.339 e. The number of nitrogens with zero attached hydrogens (tertiary/aromatic N) is 2. The minimum Gasteiger partial charge on any atom is -0.339 e. The molecule has 1 aromatic carbocycles. The van der Waals surface area contributed by atoms with E-state index in [2.05, 4.69) is 48.4 Å². The van der Waals surface area contributed by atoms with Gasteiger partial charge >= 0.3 is 0 Å². The summed E-state index contributed by atoms with van der Waals surface area (Å²) in [4.78, 5) is 19.1. The lowest BCUT2D eigenvalue weighted by Crippen LogP contribution is -2.40. The number of rotatable bonds is 5. The lowest BCUT2D eigenvalue weighted by Gasteiger charge is -2.32. The number of hydrogen-bond donors (Lipinski definition) is 1. The summed E-state index contributed by atoms with van der Waals surface area (Å²) in [5, 5.41) is 3.41. The van der Waals surface area contributed by atoms with Gasteiger partial charge in [-0.05, 0) is 50.4 Å². The smallest absolute Gasteiger partial charge is 0.255 e. The summed E-state index contributed by atoms with van der Waals surface area (Å²) < 4.78 is 0. The maximum Gasteiger partial charge on any atom is 0.255 e. The van der Waals surface area contributed by atoms with Gasteiger partial charge in [0.15, 0.2) is 0 Å². The van der Waals surface area contributed by atoms with Gasteiger partial charge < -0.3 is 10.2 Å². The van der Waals surface area contributed by atoms with Crippen LogP contribution in [0.1, 0.15) is 35.7 Å². The van der Waals surface area contributed by atoms with E-state index in [1.807, 2.05) is 17.2 Å². The van der Waals surface area contributed by atoms with Crippen LogP contribution in [0.25, 0.3) is 11.1 Å². The van der Waals surface area contributed by atoms with E-state index < -0.39 is 0 Å². The SMILES string of the molecule is CCNCC1CCN(C(=O)c2cncc(-c3ccc(C)cc3)c2)CC1.Cl.Cl. The van der Waals surface area contributed by atoms with Crippen LogP contribution in [0.5, 0.6) is 0 Å². The van der Waals surface area contributed by atoms with Crippen LogP contribution in [0.2, 0.25) is 0 Å². The molecule has 6 heteroatoms. The standard InChI is InChI=1S/C21H27N3O.2ClH/c1-3-22-13-17-8-10-24(11-9-17)21(25)20-12-19(14-23-15-20)18-6-4-16(2)5-7-18;;/h4-7,12,14-15,17,22H,3,8-11,13H2,1-2H3;2*1H. The highest BCUT2D eigenvalue weighted by atomic mass is 35.5.